The summed E-state index contributed by atoms with van der Waals surface area (Å²) in [4.78, 5) is 7.34. The molecule has 0 unspecified atom stereocenters. The van der Waals surface area contributed by atoms with Gasteiger partial charge in [-0.3, -0.25) is 0 Å². The van der Waals surface area contributed by atoms with Gasteiger partial charge in [-0.2, -0.15) is 18.2 Å². The Balaban J connectivity index is 2.39. The van der Waals surface area contributed by atoms with Gasteiger partial charge in [0.25, 0.3) is 0 Å². The molecule has 0 aliphatic heterocycles. The summed E-state index contributed by atoms with van der Waals surface area (Å²) in [5, 5.41) is 5.33. The van der Waals surface area contributed by atoms with Crippen LogP contribution in [0.4, 0.5) is 30.6 Å². The first-order valence-electron chi connectivity index (χ1n) is 5.56. The molecule has 1 aromatic carbocycles. The van der Waals surface area contributed by atoms with Crippen molar-refractivity contribution in [1.82, 2.24) is 9.97 Å². The van der Waals surface area contributed by atoms with Crippen molar-refractivity contribution in [3.05, 3.63) is 40.5 Å². The molecule has 0 radical (unpaired) electrons. The number of rotatable bonds is 3. The maximum Gasteiger partial charge on any atom is 0.433 e. The topological polar surface area (TPSA) is 49.8 Å². The number of anilines is 3. The van der Waals surface area contributed by atoms with Crippen LogP contribution in [0, 0.1) is 0 Å². The zero-order valence-electron chi connectivity index (χ0n) is 10.3. The molecule has 0 bridgehead atoms. The van der Waals surface area contributed by atoms with E-state index in [1.807, 2.05) is 0 Å². The molecule has 106 valence electrons. The fraction of sp³-hybridized carbons (Fsp3) is 0.167. The Kier molecular flexibility index (Phi) is 4.12. The molecule has 8 heteroatoms. The van der Waals surface area contributed by atoms with E-state index >= 15 is 0 Å². The summed E-state index contributed by atoms with van der Waals surface area (Å²) >= 11 is 3.30. The number of alkyl halides is 3. The molecule has 2 N–H and O–H groups in total. The van der Waals surface area contributed by atoms with E-state index in [0.29, 0.717) is 5.69 Å². The highest BCUT2D eigenvalue weighted by atomic mass is 79.9. The highest BCUT2D eigenvalue weighted by molar-refractivity contribution is 9.10. The highest BCUT2D eigenvalue weighted by Crippen LogP contribution is 2.31. The molecular weight excluding hydrogens is 337 g/mol. The van der Waals surface area contributed by atoms with Gasteiger partial charge in [-0.05, 0) is 28.1 Å². The summed E-state index contributed by atoms with van der Waals surface area (Å²) < 4.78 is 39.0. The summed E-state index contributed by atoms with van der Waals surface area (Å²) in [6, 6.07) is 7.92. The SMILES string of the molecule is CNc1nc(Nc2ccccc2Br)cc(C(F)(F)F)n1. The largest absolute Gasteiger partial charge is 0.433 e. The molecule has 0 spiro atoms. The van der Waals surface area contributed by atoms with Crippen LogP contribution in [0.5, 0.6) is 0 Å². The van der Waals surface area contributed by atoms with E-state index < -0.39 is 11.9 Å². The van der Waals surface area contributed by atoms with E-state index in [4.69, 9.17) is 0 Å². The van der Waals surface area contributed by atoms with Crippen LogP contribution >= 0.6 is 15.9 Å². The second kappa shape index (κ2) is 5.66. The monoisotopic (exact) mass is 346 g/mol. The van der Waals surface area contributed by atoms with Gasteiger partial charge in [0.15, 0.2) is 5.69 Å². The number of halogens is 4. The number of hydrogen-bond donors (Lipinski definition) is 2. The smallest absolute Gasteiger partial charge is 0.357 e. The predicted molar refractivity (Wildman–Crippen MR) is 74.0 cm³/mol. The van der Waals surface area contributed by atoms with Crippen molar-refractivity contribution in [3.63, 3.8) is 0 Å². The van der Waals surface area contributed by atoms with Crippen molar-refractivity contribution >= 4 is 33.4 Å². The first kappa shape index (κ1) is 14.6. The van der Waals surface area contributed by atoms with Crippen molar-refractivity contribution in [2.75, 3.05) is 17.7 Å². The van der Waals surface area contributed by atoms with E-state index in [2.05, 4.69) is 36.5 Å². The van der Waals surface area contributed by atoms with E-state index in [1.54, 1.807) is 24.3 Å². The van der Waals surface area contributed by atoms with Gasteiger partial charge in [-0.25, -0.2) is 4.98 Å². The van der Waals surface area contributed by atoms with Crippen LogP contribution in [0.1, 0.15) is 5.69 Å². The molecule has 0 aliphatic carbocycles. The van der Waals surface area contributed by atoms with Crippen LogP contribution in [0.25, 0.3) is 0 Å². The third kappa shape index (κ3) is 3.38. The summed E-state index contributed by atoms with van der Waals surface area (Å²) in [5.41, 5.74) is -0.396. The second-order valence-electron chi connectivity index (χ2n) is 3.81. The summed E-state index contributed by atoms with van der Waals surface area (Å²) in [6.07, 6.45) is -4.53. The molecule has 0 saturated heterocycles. The molecule has 2 rings (SSSR count). The zero-order chi connectivity index (χ0) is 14.8. The third-order valence-corrected chi connectivity index (χ3v) is 3.07. The molecule has 0 fully saturated rings. The summed E-state index contributed by atoms with van der Waals surface area (Å²) in [7, 11) is 1.46. The van der Waals surface area contributed by atoms with Crippen LogP contribution in [0.2, 0.25) is 0 Å². The third-order valence-electron chi connectivity index (χ3n) is 2.38. The Morgan fingerprint density at radius 2 is 1.85 bits per heavy atom. The zero-order valence-corrected chi connectivity index (χ0v) is 11.9. The van der Waals surface area contributed by atoms with Crippen LogP contribution in [0.15, 0.2) is 34.8 Å². The lowest BCUT2D eigenvalue weighted by atomic mass is 10.3. The van der Waals surface area contributed by atoms with Crippen LogP contribution < -0.4 is 10.6 Å². The fourth-order valence-electron chi connectivity index (χ4n) is 1.47. The first-order chi connectivity index (χ1) is 9.40. The number of nitrogens with one attached hydrogen (secondary N) is 2. The Hall–Kier alpha value is -1.83. The van der Waals surface area contributed by atoms with Gasteiger partial charge < -0.3 is 10.6 Å². The van der Waals surface area contributed by atoms with Crippen molar-refractivity contribution in [3.8, 4) is 0 Å². The molecule has 0 atom stereocenters. The maximum absolute atomic E-state index is 12.7. The lowest BCUT2D eigenvalue weighted by Crippen LogP contribution is -2.12. The van der Waals surface area contributed by atoms with Crippen LogP contribution in [-0.4, -0.2) is 17.0 Å². The summed E-state index contributed by atoms with van der Waals surface area (Å²) in [6.45, 7) is 0. The van der Waals surface area contributed by atoms with Gasteiger partial charge in [0.05, 0.1) is 5.69 Å². The maximum atomic E-state index is 12.7. The molecule has 20 heavy (non-hydrogen) atoms. The second-order valence-corrected chi connectivity index (χ2v) is 4.67. The Morgan fingerprint density at radius 3 is 2.45 bits per heavy atom. The van der Waals surface area contributed by atoms with Crippen molar-refractivity contribution in [2.45, 2.75) is 6.18 Å². The van der Waals surface area contributed by atoms with Gasteiger partial charge in [0.1, 0.15) is 5.82 Å². The van der Waals surface area contributed by atoms with Gasteiger partial charge in [-0.15, -0.1) is 0 Å². The lowest BCUT2D eigenvalue weighted by Gasteiger charge is -2.12. The normalized spacial score (nSPS) is 11.2. The number of benzene rings is 1. The highest BCUT2D eigenvalue weighted by Gasteiger charge is 2.33. The van der Waals surface area contributed by atoms with Gasteiger partial charge in [0, 0.05) is 17.6 Å². The number of para-hydroxylation sites is 1. The van der Waals surface area contributed by atoms with E-state index in [-0.39, 0.29) is 11.8 Å². The van der Waals surface area contributed by atoms with Crippen LogP contribution in [0.3, 0.4) is 0 Å². The molecule has 0 amide bonds. The van der Waals surface area contributed by atoms with Crippen LogP contribution in [-0.2, 0) is 6.18 Å². The van der Waals surface area contributed by atoms with Crippen molar-refractivity contribution in [2.24, 2.45) is 0 Å². The van der Waals surface area contributed by atoms with E-state index in [9.17, 15) is 13.2 Å². The first-order valence-corrected chi connectivity index (χ1v) is 6.35. The number of nitrogens with zero attached hydrogens (tertiary/aromatic N) is 2. The molecule has 1 aromatic heterocycles. The average Bonchev–Trinajstić information content (AvgIpc) is 2.40. The Morgan fingerprint density at radius 1 is 1.15 bits per heavy atom. The molecular formula is C12H10BrF3N4. The van der Waals surface area contributed by atoms with Gasteiger partial charge in [-0.1, -0.05) is 12.1 Å². The molecule has 0 saturated carbocycles. The average molecular weight is 347 g/mol. The number of aromatic nitrogens is 2. The minimum Gasteiger partial charge on any atom is -0.357 e. The van der Waals surface area contributed by atoms with Crippen molar-refractivity contribution in [1.29, 1.82) is 0 Å². The molecule has 1 heterocycles. The van der Waals surface area contributed by atoms with Gasteiger partial charge >= 0.3 is 6.18 Å². The molecule has 4 nitrogen and oxygen atoms in total. The summed E-state index contributed by atoms with van der Waals surface area (Å²) in [5.74, 6) is -0.0436. The van der Waals surface area contributed by atoms with E-state index in [1.165, 1.54) is 7.05 Å². The Bertz CT molecular complexity index is 616. The minimum atomic E-state index is -4.53. The van der Waals surface area contributed by atoms with E-state index in [0.717, 1.165) is 10.5 Å². The molecule has 0 aliphatic rings. The lowest BCUT2D eigenvalue weighted by molar-refractivity contribution is -0.141. The Labute approximate surface area is 121 Å². The van der Waals surface area contributed by atoms with Gasteiger partial charge in [0.2, 0.25) is 5.95 Å². The fourth-order valence-corrected chi connectivity index (χ4v) is 1.85. The minimum absolute atomic E-state index is 0.0589. The molecule has 2 aromatic rings. The standard InChI is InChI=1S/C12H10BrF3N4/c1-17-11-19-9(12(14,15)16)6-10(20-11)18-8-5-3-2-4-7(8)13/h2-6H,1H3,(H2,17,18,19,20). The predicted octanol–water partition coefficient (Wildman–Crippen LogP) is 4.04. The van der Waals surface area contributed by atoms with Crippen molar-refractivity contribution < 1.29 is 13.2 Å². The quantitative estimate of drug-likeness (QED) is 0.880. The number of hydrogen-bond acceptors (Lipinski definition) is 4.